The summed E-state index contributed by atoms with van der Waals surface area (Å²) in [5, 5.41) is 0.531. The first-order valence-corrected chi connectivity index (χ1v) is 8.87. The van der Waals surface area contributed by atoms with Gasteiger partial charge >= 0.3 is 0 Å². The average molecular weight is 320 g/mol. The zero-order chi connectivity index (χ0) is 15.9. The summed E-state index contributed by atoms with van der Waals surface area (Å²) < 4.78 is 0. The van der Waals surface area contributed by atoms with Crippen LogP contribution in [0.4, 0.5) is 0 Å². The lowest BCUT2D eigenvalue weighted by Gasteiger charge is -2.23. The monoisotopic (exact) mass is 320 g/mol. The van der Waals surface area contributed by atoms with Crippen LogP contribution in [-0.4, -0.2) is 16.3 Å². The molecule has 0 radical (unpaired) electrons. The van der Waals surface area contributed by atoms with E-state index in [0.717, 1.165) is 0 Å². The lowest BCUT2D eigenvalue weighted by Crippen LogP contribution is -2.22. The van der Waals surface area contributed by atoms with E-state index in [4.69, 9.17) is 0 Å². The molecule has 0 spiro atoms. The minimum atomic E-state index is 0.266. The van der Waals surface area contributed by atoms with Crippen molar-refractivity contribution >= 4 is 29.7 Å². The number of carbonyl (C=O) groups excluding carboxylic acids is 1. The quantitative estimate of drug-likeness (QED) is 0.765. The third-order valence-electron chi connectivity index (χ3n) is 3.81. The molecule has 1 heterocycles. The molecule has 3 rings (SSSR count). The van der Waals surface area contributed by atoms with Crippen LogP contribution in [0, 0.1) is 0 Å². The van der Waals surface area contributed by atoms with Crippen LogP contribution in [-0.2, 0) is 4.79 Å². The maximum Gasteiger partial charge on any atom is 0.135 e. The van der Waals surface area contributed by atoms with E-state index >= 15 is 0 Å². The van der Waals surface area contributed by atoms with Gasteiger partial charge in [-0.1, -0.05) is 85.0 Å². The third-order valence-corrected chi connectivity index (χ3v) is 5.16. The number of rotatable bonds is 4. The Hall–Kier alpha value is -2.06. The van der Waals surface area contributed by atoms with Crippen molar-refractivity contribution in [2.45, 2.75) is 23.3 Å². The zero-order valence-corrected chi connectivity index (χ0v) is 13.8. The average Bonchev–Trinajstić information content (AvgIpc) is 2.60. The third kappa shape index (κ3) is 4.97. The molecule has 1 aliphatic heterocycles. The van der Waals surface area contributed by atoms with Crippen molar-refractivity contribution in [3.05, 3.63) is 83.9 Å². The SMILES string of the molecule is O=C1C[C@@H](/C=C/c2ccccc2)S[C@@H](/C=C/c2ccccc2)C1. The lowest BCUT2D eigenvalue weighted by molar-refractivity contribution is -0.118. The number of carbonyl (C=O) groups is 1. The van der Waals surface area contributed by atoms with Crippen LogP contribution in [0.3, 0.4) is 0 Å². The molecule has 23 heavy (non-hydrogen) atoms. The van der Waals surface area contributed by atoms with Gasteiger partial charge in [-0.05, 0) is 11.1 Å². The van der Waals surface area contributed by atoms with Crippen molar-refractivity contribution in [1.82, 2.24) is 0 Å². The van der Waals surface area contributed by atoms with E-state index in [0.29, 0.717) is 18.6 Å². The van der Waals surface area contributed by atoms with E-state index in [-0.39, 0.29) is 10.5 Å². The molecule has 1 saturated heterocycles. The Morgan fingerprint density at radius 3 is 1.61 bits per heavy atom. The summed E-state index contributed by atoms with van der Waals surface area (Å²) in [6.45, 7) is 0. The Labute approximate surface area is 142 Å². The van der Waals surface area contributed by atoms with Gasteiger partial charge in [0.2, 0.25) is 0 Å². The number of ketones is 1. The summed E-state index contributed by atoms with van der Waals surface area (Å²) in [6, 6.07) is 20.5. The number of Topliss-reactive ketones (excluding diaryl/α,β-unsaturated/α-hetero) is 1. The molecule has 0 bridgehead atoms. The predicted molar refractivity (Wildman–Crippen MR) is 100 cm³/mol. The minimum absolute atomic E-state index is 0.266. The summed E-state index contributed by atoms with van der Waals surface area (Å²) in [6.07, 6.45) is 9.86. The number of hydrogen-bond donors (Lipinski definition) is 0. The first-order chi connectivity index (χ1) is 11.3. The molecule has 0 saturated carbocycles. The minimum Gasteiger partial charge on any atom is -0.300 e. The number of benzene rings is 2. The van der Waals surface area contributed by atoms with E-state index in [9.17, 15) is 4.79 Å². The number of hydrogen-bond acceptors (Lipinski definition) is 2. The number of thioether (sulfide) groups is 1. The van der Waals surface area contributed by atoms with Gasteiger partial charge in [-0.25, -0.2) is 0 Å². The van der Waals surface area contributed by atoms with Crippen LogP contribution in [0.1, 0.15) is 24.0 Å². The summed E-state index contributed by atoms with van der Waals surface area (Å²) in [7, 11) is 0. The van der Waals surface area contributed by atoms with Crippen molar-refractivity contribution in [3.8, 4) is 0 Å². The van der Waals surface area contributed by atoms with E-state index in [1.807, 2.05) is 48.2 Å². The Morgan fingerprint density at radius 2 is 1.17 bits per heavy atom. The highest BCUT2D eigenvalue weighted by Gasteiger charge is 2.24. The van der Waals surface area contributed by atoms with Gasteiger partial charge in [0.05, 0.1) is 0 Å². The van der Waals surface area contributed by atoms with Crippen LogP contribution in [0.5, 0.6) is 0 Å². The van der Waals surface area contributed by atoms with Gasteiger partial charge in [0, 0.05) is 23.3 Å². The maximum atomic E-state index is 12.0. The largest absolute Gasteiger partial charge is 0.300 e. The summed E-state index contributed by atoms with van der Waals surface area (Å²) in [5.74, 6) is 0.356. The Morgan fingerprint density at radius 1 is 0.739 bits per heavy atom. The van der Waals surface area contributed by atoms with Crippen LogP contribution < -0.4 is 0 Å². The van der Waals surface area contributed by atoms with Gasteiger partial charge in [-0.15, -0.1) is 11.8 Å². The van der Waals surface area contributed by atoms with E-state index < -0.39 is 0 Å². The van der Waals surface area contributed by atoms with Crippen molar-refractivity contribution < 1.29 is 4.79 Å². The van der Waals surface area contributed by atoms with Crippen molar-refractivity contribution in [1.29, 1.82) is 0 Å². The molecule has 0 aromatic heterocycles. The van der Waals surface area contributed by atoms with Gasteiger partial charge < -0.3 is 0 Å². The molecule has 1 nitrogen and oxygen atoms in total. The molecular weight excluding hydrogens is 300 g/mol. The van der Waals surface area contributed by atoms with E-state index in [2.05, 4.69) is 48.6 Å². The second kappa shape index (κ2) is 7.98. The molecule has 2 atom stereocenters. The Balaban J connectivity index is 1.64. The van der Waals surface area contributed by atoms with E-state index in [1.165, 1.54) is 11.1 Å². The van der Waals surface area contributed by atoms with Gasteiger partial charge in [-0.2, -0.15) is 0 Å². The molecule has 0 N–H and O–H groups in total. The first-order valence-electron chi connectivity index (χ1n) is 7.93. The second-order valence-electron chi connectivity index (χ2n) is 5.70. The maximum absolute atomic E-state index is 12.0. The molecule has 2 aromatic carbocycles. The fraction of sp³-hybridized carbons (Fsp3) is 0.190. The van der Waals surface area contributed by atoms with Gasteiger partial charge in [0.1, 0.15) is 5.78 Å². The molecule has 1 aliphatic rings. The fourth-order valence-corrected chi connectivity index (χ4v) is 4.00. The van der Waals surface area contributed by atoms with Crippen LogP contribution in [0.25, 0.3) is 12.2 Å². The Bertz CT molecular complexity index is 629. The van der Waals surface area contributed by atoms with Crippen LogP contribution in [0.15, 0.2) is 72.8 Å². The molecule has 0 unspecified atom stereocenters. The van der Waals surface area contributed by atoms with E-state index in [1.54, 1.807) is 0 Å². The first kappa shape index (κ1) is 15.8. The predicted octanol–water partition coefficient (Wildman–Crippen LogP) is 5.25. The standard InChI is InChI=1S/C21H20OS/c22-19-15-20(13-11-17-7-3-1-4-8-17)23-21(16-19)14-12-18-9-5-2-6-10-18/h1-14,20-21H,15-16H2/b13-11+,14-12+/t20-,21+. The smallest absolute Gasteiger partial charge is 0.135 e. The van der Waals surface area contributed by atoms with Crippen LogP contribution >= 0.6 is 11.8 Å². The van der Waals surface area contributed by atoms with Crippen molar-refractivity contribution in [2.24, 2.45) is 0 Å². The molecule has 2 aromatic rings. The zero-order valence-electron chi connectivity index (χ0n) is 13.0. The topological polar surface area (TPSA) is 17.1 Å². The normalized spacial score (nSPS) is 22.0. The molecule has 2 heteroatoms. The van der Waals surface area contributed by atoms with Crippen molar-refractivity contribution in [2.75, 3.05) is 0 Å². The van der Waals surface area contributed by atoms with Crippen molar-refractivity contribution in [3.63, 3.8) is 0 Å². The molecular formula is C21H20OS. The van der Waals surface area contributed by atoms with Crippen LogP contribution in [0.2, 0.25) is 0 Å². The van der Waals surface area contributed by atoms with Gasteiger partial charge in [-0.3, -0.25) is 4.79 Å². The summed E-state index contributed by atoms with van der Waals surface area (Å²) in [4.78, 5) is 12.0. The fourth-order valence-electron chi connectivity index (χ4n) is 2.64. The molecule has 0 aliphatic carbocycles. The highest BCUT2D eigenvalue weighted by Crippen LogP contribution is 2.32. The summed E-state index contributed by atoms with van der Waals surface area (Å²) in [5.41, 5.74) is 2.37. The van der Waals surface area contributed by atoms with Gasteiger partial charge in [0.25, 0.3) is 0 Å². The lowest BCUT2D eigenvalue weighted by atomic mass is 10.1. The highest BCUT2D eigenvalue weighted by molar-refractivity contribution is 8.01. The Kier molecular flexibility index (Phi) is 5.49. The molecule has 1 fully saturated rings. The molecule has 116 valence electrons. The molecule has 0 amide bonds. The van der Waals surface area contributed by atoms with Gasteiger partial charge in [0.15, 0.2) is 0 Å². The highest BCUT2D eigenvalue weighted by atomic mass is 32.2. The second-order valence-corrected chi connectivity index (χ2v) is 7.18. The summed E-state index contributed by atoms with van der Waals surface area (Å²) >= 11 is 1.88.